The number of nitrogens with zero attached hydrogens (tertiary/aromatic N) is 4. The monoisotopic (exact) mass is 370 g/mol. The summed E-state index contributed by atoms with van der Waals surface area (Å²) >= 11 is 0. The van der Waals surface area contributed by atoms with E-state index >= 15 is 0 Å². The summed E-state index contributed by atoms with van der Waals surface area (Å²) in [7, 11) is 3.57. The molecule has 1 amide bonds. The van der Waals surface area contributed by atoms with Crippen molar-refractivity contribution in [3.63, 3.8) is 0 Å². The molecule has 4 rings (SSSR count). The van der Waals surface area contributed by atoms with Crippen molar-refractivity contribution in [3.8, 4) is 0 Å². The molecule has 148 valence electrons. The number of hydrogen-bond donors (Lipinski definition) is 0. The normalized spacial score (nSPS) is 30.7. The summed E-state index contributed by atoms with van der Waals surface area (Å²) in [5.41, 5.74) is 0.551. The Kier molecular flexibility index (Phi) is 5.40. The Hall–Kier alpha value is -1.62. The van der Waals surface area contributed by atoms with Crippen molar-refractivity contribution in [2.75, 3.05) is 38.6 Å². The minimum Gasteiger partial charge on any atom is -0.356 e. The zero-order valence-electron chi connectivity index (χ0n) is 17.1. The third kappa shape index (κ3) is 3.71. The number of carbonyl (C=O) groups excluding carboxylic acids is 1. The maximum atomic E-state index is 12.3. The van der Waals surface area contributed by atoms with Gasteiger partial charge in [0.2, 0.25) is 0 Å². The highest BCUT2D eigenvalue weighted by atomic mass is 16.2. The lowest BCUT2D eigenvalue weighted by Gasteiger charge is -2.55. The molecule has 0 N–H and O–H groups in total. The van der Waals surface area contributed by atoms with Gasteiger partial charge in [-0.15, -0.1) is 0 Å². The highest BCUT2D eigenvalue weighted by Gasteiger charge is 2.44. The van der Waals surface area contributed by atoms with Crippen LogP contribution in [0.5, 0.6) is 0 Å². The molecule has 0 saturated carbocycles. The van der Waals surface area contributed by atoms with Crippen LogP contribution < -0.4 is 4.90 Å². The molecular formula is C22H34N4O. The summed E-state index contributed by atoms with van der Waals surface area (Å²) in [6.45, 7) is 5.73. The van der Waals surface area contributed by atoms with Crippen LogP contribution in [0, 0.1) is 11.8 Å². The van der Waals surface area contributed by atoms with E-state index in [0.29, 0.717) is 5.69 Å². The predicted molar refractivity (Wildman–Crippen MR) is 109 cm³/mol. The largest absolute Gasteiger partial charge is 0.356 e. The summed E-state index contributed by atoms with van der Waals surface area (Å²) in [6.07, 6.45) is 8.16. The Labute approximate surface area is 163 Å². The minimum atomic E-state index is -0.0186. The molecule has 3 aliphatic rings. The molecule has 1 aromatic rings. The van der Waals surface area contributed by atoms with Gasteiger partial charge in [-0.2, -0.15) is 0 Å². The molecule has 0 unspecified atom stereocenters. The Morgan fingerprint density at radius 1 is 1.22 bits per heavy atom. The van der Waals surface area contributed by atoms with Gasteiger partial charge in [0.1, 0.15) is 11.5 Å². The first-order chi connectivity index (χ1) is 13.1. The Morgan fingerprint density at radius 3 is 2.85 bits per heavy atom. The third-order valence-corrected chi connectivity index (χ3v) is 6.82. The molecule has 0 spiro atoms. The summed E-state index contributed by atoms with van der Waals surface area (Å²) < 4.78 is 0. The summed E-state index contributed by atoms with van der Waals surface area (Å²) in [5.74, 6) is 2.43. The molecular weight excluding hydrogens is 336 g/mol. The van der Waals surface area contributed by atoms with Gasteiger partial charge in [-0.3, -0.25) is 9.69 Å². The van der Waals surface area contributed by atoms with Crippen molar-refractivity contribution >= 4 is 11.7 Å². The van der Waals surface area contributed by atoms with Crippen molar-refractivity contribution in [2.45, 2.75) is 57.5 Å². The molecule has 4 heterocycles. The average molecular weight is 371 g/mol. The minimum absolute atomic E-state index is 0.0186. The van der Waals surface area contributed by atoms with E-state index in [1.807, 2.05) is 12.1 Å². The summed E-state index contributed by atoms with van der Waals surface area (Å²) in [6, 6.07) is 7.44. The number of aromatic nitrogens is 1. The van der Waals surface area contributed by atoms with Crippen LogP contribution in [0.15, 0.2) is 18.2 Å². The maximum absolute atomic E-state index is 12.3. The molecule has 0 aliphatic carbocycles. The van der Waals surface area contributed by atoms with E-state index in [1.54, 1.807) is 19.0 Å². The molecule has 0 radical (unpaired) electrons. The van der Waals surface area contributed by atoms with E-state index in [-0.39, 0.29) is 5.91 Å². The lowest BCUT2D eigenvalue weighted by Crippen LogP contribution is -2.61. The lowest BCUT2D eigenvalue weighted by molar-refractivity contribution is -0.0216. The molecule has 3 saturated heterocycles. The number of rotatable bonds is 4. The van der Waals surface area contributed by atoms with Gasteiger partial charge in [-0.1, -0.05) is 25.8 Å². The Bertz CT molecular complexity index is 674. The zero-order chi connectivity index (χ0) is 19.0. The standard InChI is InChI=1S/C22H34N4O/c1-4-7-18-8-5-10-20-17-12-16(14-26(18)20)13-25(15-17)21-11-6-9-19(23-21)22(27)24(2)3/h6,9,11,16-18,20H,4-5,7-8,10,12-15H2,1-3H3/t16-,17+,18-,20-/m0/s1. The number of pyridine rings is 1. The lowest BCUT2D eigenvalue weighted by atomic mass is 9.74. The second-order valence-corrected chi connectivity index (χ2v) is 8.98. The van der Waals surface area contributed by atoms with Crippen LogP contribution in [0.4, 0.5) is 5.82 Å². The van der Waals surface area contributed by atoms with Crippen LogP contribution in [0.1, 0.15) is 55.9 Å². The van der Waals surface area contributed by atoms with Crippen LogP contribution in [0.25, 0.3) is 0 Å². The highest BCUT2D eigenvalue weighted by molar-refractivity contribution is 5.92. The molecule has 5 nitrogen and oxygen atoms in total. The summed E-state index contributed by atoms with van der Waals surface area (Å²) in [5, 5.41) is 0. The van der Waals surface area contributed by atoms with Crippen LogP contribution in [-0.2, 0) is 0 Å². The van der Waals surface area contributed by atoms with E-state index < -0.39 is 0 Å². The second-order valence-electron chi connectivity index (χ2n) is 8.98. The first-order valence-corrected chi connectivity index (χ1v) is 10.8. The van der Waals surface area contributed by atoms with Crippen LogP contribution in [-0.4, -0.2) is 66.5 Å². The van der Waals surface area contributed by atoms with Crippen molar-refractivity contribution < 1.29 is 4.79 Å². The van der Waals surface area contributed by atoms with Crippen molar-refractivity contribution in [1.29, 1.82) is 0 Å². The van der Waals surface area contributed by atoms with Crippen LogP contribution >= 0.6 is 0 Å². The zero-order valence-corrected chi connectivity index (χ0v) is 17.1. The smallest absolute Gasteiger partial charge is 0.272 e. The molecule has 3 fully saturated rings. The quantitative estimate of drug-likeness (QED) is 0.816. The van der Waals surface area contributed by atoms with E-state index in [0.717, 1.165) is 42.8 Å². The van der Waals surface area contributed by atoms with Gasteiger partial charge in [0.05, 0.1) is 0 Å². The number of amides is 1. The number of piperidine rings is 3. The number of fused-ring (bicyclic) bond motifs is 4. The van der Waals surface area contributed by atoms with Gasteiger partial charge >= 0.3 is 0 Å². The van der Waals surface area contributed by atoms with E-state index in [1.165, 1.54) is 45.1 Å². The predicted octanol–water partition coefficient (Wildman–Crippen LogP) is 3.26. The second kappa shape index (κ2) is 7.78. The Balaban J connectivity index is 1.51. The molecule has 2 bridgehead atoms. The van der Waals surface area contributed by atoms with Gasteiger partial charge in [-0.05, 0) is 49.7 Å². The maximum Gasteiger partial charge on any atom is 0.272 e. The van der Waals surface area contributed by atoms with Gasteiger partial charge in [0, 0.05) is 45.8 Å². The first-order valence-electron chi connectivity index (χ1n) is 10.8. The molecule has 0 aromatic carbocycles. The fourth-order valence-electron chi connectivity index (χ4n) is 5.69. The molecule has 4 atom stereocenters. The molecule has 3 aliphatic heterocycles. The first kappa shape index (κ1) is 18.7. The van der Waals surface area contributed by atoms with E-state index in [2.05, 4.69) is 22.8 Å². The molecule has 1 aromatic heterocycles. The van der Waals surface area contributed by atoms with Gasteiger partial charge in [-0.25, -0.2) is 4.98 Å². The topological polar surface area (TPSA) is 39.7 Å². The Morgan fingerprint density at radius 2 is 2.07 bits per heavy atom. The average Bonchev–Trinajstić information content (AvgIpc) is 2.68. The van der Waals surface area contributed by atoms with Crippen LogP contribution in [0.2, 0.25) is 0 Å². The van der Waals surface area contributed by atoms with Gasteiger partial charge < -0.3 is 9.80 Å². The SMILES string of the molecule is CCC[C@H]1CCC[C@H]2[C@@H]3C[C@@H](CN(c4cccc(C(=O)N(C)C)n4)C3)CN12. The van der Waals surface area contributed by atoms with Crippen molar-refractivity contribution in [2.24, 2.45) is 11.8 Å². The number of hydrogen-bond acceptors (Lipinski definition) is 4. The number of anilines is 1. The van der Waals surface area contributed by atoms with Gasteiger partial charge in [0.15, 0.2) is 0 Å². The molecule has 5 heteroatoms. The van der Waals surface area contributed by atoms with E-state index in [4.69, 9.17) is 4.98 Å². The fourth-order valence-corrected chi connectivity index (χ4v) is 5.69. The highest BCUT2D eigenvalue weighted by Crippen LogP contribution is 2.41. The van der Waals surface area contributed by atoms with Crippen LogP contribution in [0.3, 0.4) is 0 Å². The summed E-state index contributed by atoms with van der Waals surface area (Å²) in [4.78, 5) is 23.9. The van der Waals surface area contributed by atoms with Crippen molar-refractivity contribution in [1.82, 2.24) is 14.8 Å². The van der Waals surface area contributed by atoms with E-state index in [9.17, 15) is 4.79 Å². The molecule has 27 heavy (non-hydrogen) atoms. The third-order valence-electron chi connectivity index (χ3n) is 6.82. The van der Waals surface area contributed by atoms with Crippen molar-refractivity contribution in [3.05, 3.63) is 23.9 Å². The number of carbonyl (C=O) groups is 1. The fraction of sp³-hybridized carbons (Fsp3) is 0.727. The van der Waals surface area contributed by atoms with Gasteiger partial charge in [0.25, 0.3) is 5.91 Å².